The van der Waals surface area contributed by atoms with E-state index in [9.17, 15) is 0 Å². The number of hydrogen-bond acceptors (Lipinski definition) is 6. The largest absolute Gasteiger partial charge is 0.455 e. The van der Waals surface area contributed by atoms with Crippen molar-refractivity contribution in [1.82, 2.24) is 19.9 Å². The third-order valence-electron chi connectivity index (χ3n) is 8.18. The number of nitrogens with zero attached hydrogens (tertiary/aromatic N) is 4. The summed E-state index contributed by atoms with van der Waals surface area (Å²) >= 11 is 1.71. The highest BCUT2D eigenvalue weighted by atomic mass is 32.1. The number of furan rings is 1. The fraction of sp³-hybridized carbons (Fsp3) is 0. The van der Waals surface area contributed by atoms with Gasteiger partial charge < -0.3 is 4.42 Å². The van der Waals surface area contributed by atoms with Crippen molar-refractivity contribution in [3.63, 3.8) is 0 Å². The molecule has 6 heteroatoms. The maximum Gasteiger partial charge on any atom is 0.164 e. The molecule has 0 fully saturated rings. The molecule has 0 saturated heterocycles. The number of aromatic nitrogens is 4. The van der Waals surface area contributed by atoms with E-state index in [4.69, 9.17) is 24.4 Å². The Kier molecular flexibility index (Phi) is 6.25. The first-order valence-corrected chi connectivity index (χ1v) is 15.9. The van der Waals surface area contributed by atoms with Gasteiger partial charge in [-0.05, 0) is 17.7 Å². The van der Waals surface area contributed by atoms with E-state index in [0.29, 0.717) is 17.5 Å². The molecule has 0 N–H and O–H groups in total. The Bertz CT molecular complexity index is 2450. The molecule has 0 spiro atoms. The van der Waals surface area contributed by atoms with Crippen molar-refractivity contribution in [2.45, 2.75) is 0 Å². The second-order valence-electron chi connectivity index (χ2n) is 11.1. The van der Waals surface area contributed by atoms with Crippen LogP contribution in [-0.4, -0.2) is 19.9 Å². The van der Waals surface area contributed by atoms with Gasteiger partial charge >= 0.3 is 0 Å². The van der Waals surface area contributed by atoms with Crippen LogP contribution in [0.4, 0.5) is 0 Å². The summed E-state index contributed by atoms with van der Waals surface area (Å²) in [5.74, 6) is 1.90. The van der Waals surface area contributed by atoms with Gasteiger partial charge in [-0.2, -0.15) is 0 Å². The molecule has 9 rings (SSSR count). The van der Waals surface area contributed by atoms with Gasteiger partial charge in [0.1, 0.15) is 16.2 Å². The van der Waals surface area contributed by atoms with Crippen LogP contribution in [0.15, 0.2) is 150 Å². The number of para-hydroxylation sites is 1. The van der Waals surface area contributed by atoms with Crippen LogP contribution < -0.4 is 0 Å². The van der Waals surface area contributed by atoms with Gasteiger partial charge in [-0.15, -0.1) is 11.3 Å². The molecule has 0 atom stereocenters. The van der Waals surface area contributed by atoms with E-state index in [1.807, 2.05) is 78.9 Å². The summed E-state index contributed by atoms with van der Waals surface area (Å²) < 4.78 is 7.68. The first-order valence-electron chi connectivity index (χ1n) is 15.1. The number of thiazole rings is 1. The molecule has 216 valence electrons. The zero-order chi connectivity index (χ0) is 30.5. The molecule has 46 heavy (non-hydrogen) atoms. The van der Waals surface area contributed by atoms with Crippen molar-refractivity contribution in [2.75, 3.05) is 0 Å². The van der Waals surface area contributed by atoms with E-state index in [-0.39, 0.29) is 0 Å². The van der Waals surface area contributed by atoms with Crippen LogP contribution in [0.1, 0.15) is 0 Å². The highest BCUT2D eigenvalue weighted by Crippen LogP contribution is 2.44. The zero-order valence-corrected chi connectivity index (χ0v) is 25.3. The predicted molar refractivity (Wildman–Crippen MR) is 187 cm³/mol. The van der Waals surface area contributed by atoms with Crippen LogP contribution in [0.2, 0.25) is 0 Å². The fourth-order valence-electron chi connectivity index (χ4n) is 5.93. The summed E-state index contributed by atoms with van der Waals surface area (Å²) in [7, 11) is 0. The lowest BCUT2D eigenvalue weighted by molar-refractivity contribution is 0.670. The number of fused-ring (bicyclic) bond motifs is 5. The highest BCUT2D eigenvalue weighted by Gasteiger charge is 2.20. The second kappa shape index (κ2) is 10.9. The van der Waals surface area contributed by atoms with Gasteiger partial charge in [-0.25, -0.2) is 19.9 Å². The van der Waals surface area contributed by atoms with Gasteiger partial charge in [0, 0.05) is 38.6 Å². The lowest BCUT2D eigenvalue weighted by atomic mass is 10.00. The Labute approximate surface area is 268 Å². The maximum absolute atomic E-state index is 6.55. The Morgan fingerprint density at radius 3 is 1.57 bits per heavy atom. The van der Waals surface area contributed by atoms with Crippen LogP contribution in [0.3, 0.4) is 0 Å². The van der Waals surface area contributed by atoms with Crippen molar-refractivity contribution in [2.24, 2.45) is 0 Å². The van der Waals surface area contributed by atoms with Crippen LogP contribution in [-0.2, 0) is 0 Å². The summed E-state index contributed by atoms with van der Waals surface area (Å²) in [6, 6.07) is 49.2. The standard InChI is InChI=1S/C40H24N4OS/c1-4-12-26(13-5-1)37-42-38(27-14-6-2-7-15-27)44-39(43-37)28-22-20-25(21-23-28)31-24-32-36(46-40(41-32)29-16-8-3-9-17-29)34-30-18-10-11-19-33(30)45-35(31)34/h1-24H. The summed E-state index contributed by atoms with van der Waals surface area (Å²) in [4.78, 5) is 19.7. The summed E-state index contributed by atoms with van der Waals surface area (Å²) in [5.41, 5.74) is 8.62. The highest BCUT2D eigenvalue weighted by molar-refractivity contribution is 7.22. The maximum atomic E-state index is 6.55. The third kappa shape index (κ3) is 4.55. The second-order valence-corrected chi connectivity index (χ2v) is 12.1. The predicted octanol–water partition coefficient (Wildman–Crippen LogP) is 10.7. The van der Waals surface area contributed by atoms with E-state index < -0.39 is 0 Å². The number of hydrogen-bond donors (Lipinski definition) is 0. The Morgan fingerprint density at radius 2 is 0.957 bits per heavy atom. The molecule has 0 aliphatic carbocycles. The van der Waals surface area contributed by atoms with Gasteiger partial charge in [0.05, 0.1) is 10.2 Å². The monoisotopic (exact) mass is 608 g/mol. The zero-order valence-electron chi connectivity index (χ0n) is 24.5. The van der Waals surface area contributed by atoms with Gasteiger partial charge in [0.2, 0.25) is 0 Å². The molecular weight excluding hydrogens is 585 g/mol. The van der Waals surface area contributed by atoms with Gasteiger partial charge in [-0.3, -0.25) is 0 Å². The van der Waals surface area contributed by atoms with E-state index in [1.165, 1.54) is 0 Å². The average Bonchev–Trinajstić information content (AvgIpc) is 3.74. The molecule has 0 amide bonds. The lowest BCUT2D eigenvalue weighted by Crippen LogP contribution is -2.00. The number of benzene rings is 6. The van der Waals surface area contributed by atoms with Crippen molar-refractivity contribution in [1.29, 1.82) is 0 Å². The minimum Gasteiger partial charge on any atom is -0.455 e. The van der Waals surface area contributed by atoms with Crippen LogP contribution in [0.5, 0.6) is 0 Å². The molecule has 0 aliphatic rings. The topological polar surface area (TPSA) is 64.7 Å². The molecule has 3 aromatic heterocycles. The quantitative estimate of drug-likeness (QED) is 0.194. The van der Waals surface area contributed by atoms with Crippen LogP contribution in [0, 0.1) is 0 Å². The van der Waals surface area contributed by atoms with Gasteiger partial charge in [0.15, 0.2) is 17.5 Å². The molecular formula is C40H24N4OS. The van der Waals surface area contributed by atoms with E-state index in [1.54, 1.807) is 11.3 Å². The van der Waals surface area contributed by atoms with Crippen molar-refractivity contribution in [3.05, 3.63) is 146 Å². The van der Waals surface area contributed by atoms with E-state index >= 15 is 0 Å². The Hall–Kier alpha value is -5.98. The first kappa shape index (κ1) is 26.4. The fourth-order valence-corrected chi connectivity index (χ4v) is 7.03. The number of rotatable bonds is 5. The van der Waals surface area contributed by atoms with Crippen LogP contribution in [0.25, 0.3) is 88.0 Å². The van der Waals surface area contributed by atoms with Crippen LogP contribution >= 0.6 is 11.3 Å². The summed E-state index contributed by atoms with van der Waals surface area (Å²) in [5, 5.41) is 3.19. The smallest absolute Gasteiger partial charge is 0.164 e. The van der Waals surface area contributed by atoms with Crippen molar-refractivity contribution >= 4 is 43.5 Å². The summed E-state index contributed by atoms with van der Waals surface area (Å²) in [6.07, 6.45) is 0. The Balaban J connectivity index is 1.19. The molecule has 0 unspecified atom stereocenters. The molecule has 0 aliphatic heterocycles. The molecule has 0 saturated carbocycles. The van der Waals surface area contributed by atoms with Gasteiger partial charge in [-0.1, -0.05) is 133 Å². The Morgan fingerprint density at radius 1 is 0.457 bits per heavy atom. The SMILES string of the molecule is c1ccc(-c2nc(-c3ccccc3)nc(-c3ccc(-c4cc5nc(-c6ccccc6)sc5c5c4oc4ccccc45)cc3)n2)cc1. The molecule has 0 radical (unpaired) electrons. The lowest BCUT2D eigenvalue weighted by Gasteiger charge is -2.09. The van der Waals surface area contributed by atoms with Gasteiger partial charge in [0.25, 0.3) is 0 Å². The first-order chi connectivity index (χ1) is 22.8. The van der Waals surface area contributed by atoms with Crippen molar-refractivity contribution in [3.8, 4) is 55.9 Å². The minimum absolute atomic E-state index is 0.621. The average molecular weight is 609 g/mol. The molecule has 6 aromatic carbocycles. The molecule has 3 heterocycles. The normalized spacial score (nSPS) is 11.5. The minimum atomic E-state index is 0.621. The van der Waals surface area contributed by atoms with E-state index in [2.05, 4.69) is 66.7 Å². The molecule has 9 aromatic rings. The van der Waals surface area contributed by atoms with Crippen molar-refractivity contribution < 1.29 is 4.42 Å². The summed E-state index contributed by atoms with van der Waals surface area (Å²) in [6.45, 7) is 0. The molecule has 5 nitrogen and oxygen atoms in total. The third-order valence-corrected chi connectivity index (χ3v) is 9.31. The molecule has 0 bridgehead atoms. The van der Waals surface area contributed by atoms with E-state index in [0.717, 1.165) is 70.5 Å².